The lowest BCUT2D eigenvalue weighted by atomic mass is 10.0. The molecule has 0 aliphatic heterocycles. The summed E-state index contributed by atoms with van der Waals surface area (Å²) in [4.78, 5) is 24.0. The first-order valence-electron chi connectivity index (χ1n) is 10.1. The number of carboxylic acids is 1. The van der Waals surface area contributed by atoms with E-state index in [4.69, 9.17) is 4.74 Å². The third-order valence-electron chi connectivity index (χ3n) is 5.02. The van der Waals surface area contributed by atoms with Gasteiger partial charge < -0.3 is 9.84 Å². The Morgan fingerprint density at radius 1 is 0.688 bits per heavy atom. The molecule has 2 N–H and O–H groups in total. The van der Waals surface area contributed by atoms with Crippen LogP contribution in [-0.4, -0.2) is 17.2 Å². The molecule has 0 unspecified atom stereocenters. The highest BCUT2D eigenvalue weighted by Crippen LogP contribution is 2.26. The Balaban J connectivity index is 1.41. The van der Waals surface area contributed by atoms with Gasteiger partial charge in [-0.2, -0.15) is 0 Å². The number of nitrogens with one attached hydrogen (secondary N) is 1. The third-order valence-corrected chi connectivity index (χ3v) is 5.02. The molecule has 5 nitrogen and oxygen atoms in total. The summed E-state index contributed by atoms with van der Waals surface area (Å²) in [6.07, 6.45) is -0.716. The van der Waals surface area contributed by atoms with Crippen LogP contribution in [0.1, 0.15) is 15.9 Å². The van der Waals surface area contributed by atoms with E-state index in [0.717, 1.165) is 27.8 Å². The zero-order valence-corrected chi connectivity index (χ0v) is 17.2. The first kappa shape index (κ1) is 20.9. The van der Waals surface area contributed by atoms with Crippen molar-refractivity contribution in [3.63, 3.8) is 0 Å². The second-order valence-electron chi connectivity index (χ2n) is 7.20. The highest BCUT2D eigenvalue weighted by molar-refractivity contribution is 6.00. The molecular weight excluding hydrogens is 402 g/mol. The number of rotatable bonds is 6. The fourth-order valence-electron chi connectivity index (χ4n) is 3.36. The maximum absolute atomic E-state index is 12.3. The molecule has 0 aromatic heterocycles. The number of amides is 1. The number of anilines is 1. The fraction of sp³-hybridized carbons (Fsp3) is 0.0370. The van der Waals surface area contributed by atoms with Crippen LogP contribution in [0.2, 0.25) is 0 Å². The molecule has 0 saturated carbocycles. The van der Waals surface area contributed by atoms with Crippen LogP contribution < -0.4 is 5.32 Å². The van der Waals surface area contributed by atoms with Crippen LogP contribution in [-0.2, 0) is 11.3 Å². The minimum atomic E-state index is -1.13. The molecule has 0 atom stereocenters. The van der Waals surface area contributed by atoms with E-state index in [2.05, 4.69) is 5.32 Å². The van der Waals surface area contributed by atoms with Gasteiger partial charge in [0.15, 0.2) is 0 Å². The standard InChI is InChI=1S/C27H21NO4/c29-26(30)24-17-23(21-9-5-2-6-10-21)15-16-25(24)28-27(31)32-18-19-11-13-22(14-12-19)20-7-3-1-4-8-20/h1-17H,18H2,(H,28,31)(H,29,30). The van der Waals surface area contributed by atoms with E-state index in [1.54, 1.807) is 12.1 Å². The summed E-state index contributed by atoms with van der Waals surface area (Å²) in [7, 11) is 0. The van der Waals surface area contributed by atoms with Crippen molar-refractivity contribution in [3.05, 3.63) is 114 Å². The number of ether oxygens (including phenoxy) is 1. The lowest BCUT2D eigenvalue weighted by Gasteiger charge is -2.11. The number of hydrogen-bond donors (Lipinski definition) is 2. The molecule has 0 heterocycles. The summed E-state index contributed by atoms with van der Waals surface area (Å²) in [6.45, 7) is 0.0748. The monoisotopic (exact) mass is 423 g/mol. The highest BCUT2D eigenvalue weighted by atomic mass is 16.5. The van der Waals surface area contributed by atoms with Gasteiger partial charge in [0, 0.05) is 0 Å². The molecule has 0 saturated heterocycles. The largest absolute Gasteiger partial charge is 0.478 e. The summed E-state index contributed by atoms with van der Waals surface area (Å²) in [6, 6.07) is 32.0. The molecule has 0 fully saturated rings. The normalized spacial score (nSPS) is 10.4. The highest BCUT2D eigenvalue weighted by Gasteiger charge is 2.15. The molecule has 32 heavy (non-hydrogen) atoms. The average Bonchev–Trinajstić information content (AvgIpc) is 2.84. The van der Waals surface area contributed by atoms with Gasteiger partial charge in [-0.1, -0.05) is 91.0 Å². The minimum absolute atomic E-state index is 0.00415. The molecule has 4 rings (SSSR count). The zero-order valence-electron chi connectivity index (χ0n) is 17.2. The number of hydrogen-bond acceptors (Lipinski definition) is 3. The lowest BCUT2D eigenvalue weighted by Crippen LogP contribution is -2.16. The van der Waals surface area contributed by atoms with Gasteiger partial charge in [-0.15, -0.1) is 0 Å². The lowest BCUT2D eigenvalue weighted by molar-refractivity contribution is 0.0698. The number of carboxylic acid groups (broad SMARTS) is 1. The summed E-state index contributed by atoms with van der Waals surface area (Å²) < 4.78 is 5.28. The van der Waals surface area contributed by atoms with Gasteiger partial charge in [-0.05, 0) is 39.9 Å². The van der Waals surface area contributed by atoms with Crippen LogP contribution in [0.25, 0.3) is 22.3 Å². The Morgan fingerprint density at radius 3 is 1.81 bits per heavy atom. The van der Waals surface area contributed by atoms with Gasteiger partial charge in [0.05, 0.1) is 11.3 Å². The molecular formula is C27H21NO4. The quantitative estimate of drug-likeness (QED) is 0.373. The average molecular weight is 423 g/mol. The zero-order chi connectivity index (χ0) is 22.3. The number of benzene rings is 4. The smallest absolute Gasteiger partial charge is 0.411 e. The first-order chi connectivity index (χ1) is 15.6. The van der Waals surface area contributed by atoms with Crippen molar-refractivity contribution in [1.82, 2.24) is 0 Å². The van der Waals surface area contributed by atoms with E-state index < -0.39 is 12.1 Å². The van der Waals surface area contributed by atoms with Crippen molar-refractivity contribution in [2.75, 3.05) is 5.32 Å². The maximum atomic E-state index is 12.3. The van der Waals surface area contributed by atoms with E-state index in [1.807, 2.05) is 84.9 Å². The summed E-state index contributed by atoms with van der Waals surface area (Å²) >= 11 is 0. The second-order valence-corrected chi connectivity index (χ2v) is 7.20. The predicted octanol–water partition coefficient (Wildman–Crippen LogP) is 6.47. The van der Waals surface area contributed by atoms with E-state index in [-0.39, 0.29) is 17.9 Å². The maximum Gasteiger partial charge on any atom is 0.411 e. The molecule has 0 radical (unpaired) electrons. The van der Waals surface area contributed by atoms with Gasteiger partial charge >= 0.3 is 12.1 Å². The Morgan fingerprint density at radius 2 is 1.22 bits per heavy atom. The Labute approximate surface area is 185 Å². The van der Waals surface area contributed by atoms with Gasteiger partial charge in [0.1, 0.15) is 6.61 Å². The Hall–Kier alpha value is -4.38. The summed E-state index contributed by atoms with van der Waals surface area (Å²) in [5, 5.41) is 12.1. The molecule has 0 aliphatic rings. The first-order valence-corrected chi connectivity index (χ1v) is 10.1. The van der Waals surface area contributed by atoms with E-state index >= 15 is 0 Å². The molecule has 0 bridgehead atoms. The second kappa shape index (κ2) is 9.62. The number of aromatic carboxylic acids is 1. The molecule has 5 heteroatoms. The van der Waals surface area contributed by atoms with Crippen molar-refractivity contribution in [2.24, 2.45) is 0 Å². The molecule has 0 aliphatic carbocycles. The number of carbonyl (C=O) groups excluding carboxylic acids is 1. The fourth-order valence-corrected chi connectivity index (χ4v) is 3.36. The van der Waals surface area contributed by atoms with Gasteiger partial charge in [0.25, 0.3) is 0 Å². The van der Waals surface area contributed by atoms with Crippen LogP contribution >= 0.6 is 0 Å². The van der Waals surface area contributed by atoms with Crippen molar-refractivity contribution < 1.29 is 19.4 Å². The van der Waals surface area contributed by atoms with Crippen LogP contribution in [0.3, 0.4) is 0 Å². The van der Waals surface area contributed by atoms with Gasteiger partial charge in [0.2, 0.25) is 0 Å². The predicted molar refractivity (Wildman–Crippen MR) is 125 cm³/mol. The topological polar surface area (TPSA) is 75.6 Å². The molecule has 1 amide bonds. The Kier molecular flexibility index (Phi) is 6.28. The van der Waals surface area contributed by atoms with Crippen molar-refractivity contribution in [2.45, 2.75) is 6.61 Å². The van der Waals surface area contributed by atoms with Gasteiger partial charge in [-0.3, -0.25) is 5.32 Å². The van der Waals surface area contributed by atoms with Crippen molar-refractivity contribution in [1.29, 1.82) is 0 Å². The minimum Gasteiger partial charge on any atom is -0.478 e. The van der Waals surface area contributed by atoms with E-state index in [0.29, 0.717) is 0 Å². The molecule has 4 aromatic carbocycles. The van der Waals surface area contributed by atoms with Gasteiger partial charge in [-0.25, -0.2) is 9.59 Å². The van der Waals surface area contributed by atoms with E-state index in [9.17, 15) is 14.7 Å². The van der Waals surface area contributed by atoms with Crippen LogP contribution in [0.5, 0.6) is 0 Å². The SMILES string of the molecule is O=C(Nc1ccc(-c2ccccc2)cc1C(=O)O)OCc1ccc(-c2ccccc2)cc1. The number of carbonyl (C=O) groups is 2. The Bertz CT molecular complexity index is 1220. The van der Waals surface area contributed by atoms with E-state index in [1.165, 1.54) is 6.07 Å². The third kappa shape index (κ3) is 5.02. The van der Waals surface area contributed by atoms with Crippen molar-refractivity contribution in [3.8, 4) is 22.3 Å². The molecule has 4 aromatic rings. The molecule has 158 valence electrons. The van der Waals surface area contributed by atoms with Crippen molar-refractivity contribution >= 4 is 17.7 Å². The van der Waals surface area contributed by atoms with Crippen LogP contribution in [0, 0.1) is 0 Å². The van der Waals surface area contributed by atoms with Crippen LogP contribution in [0.4, 0.5) is 10.5 Å². The molecule has 0 spiro atoms. The summed E-state index contributed by atoms with van der Waals surface area (Å²) in [5.74, 6) is -1.13. The summed E-state index contributed by atoms with van der Waals surface area (Å²) in [5.41, 5.74) is 4.83. The van der Waals surface area contributed by atoms with Crippen LogP contribution in [0.15, 0.2) is 103 Å².